The second kappa shape index (κ2) is 32.4. The minimum atomic E-state index is -5.44. The SMILES string of the molecule is CC1(C)C(/C=C/C(=C/C=C2/N(CCCS(=O)(=O)[O-])c3ccc4c(S(=O)(=O)[O-])cc(S(=O)(=O)[O-])cc4c3C2(C)C)c2cccc(CCCCC(=O)NCCN3C(=O)C=CC3=O)c2)=[N+](CCCS(=O)(=O)[O-])c2ccc3c(S(=O)(=O)[O-])cc(S(=O)(=O)[O-])cc3c21.[Na+].[Na+].[Na+].[Na+].[Na+]. The van der Waals surface area contributed by atoms with Crippen LogP contribution in [-0.2, 0) is 92.3 Å². The number of hydrogen-bond donors (Lipinski definition) is 1. The summed E-state index contributed by atoms with van der Waals surface area (Å²) in [6.07, 6.45) is 9.57. The minimum absolute atomic E-state index is 0. The molecule has 0 saturated carbocycles. The molecule has 0 radical (unpaired) electrons. The fraction of sp³-hybridized carbons (Fsp3) is 0.321. The number of nitrogens with one attached hydrogen (secondary N) is 1. The first kappa shape index (κ1) is 84.3. The molecule has 3 aliphatic heterocycles. The number of nitrogens with zero attached hydrogens (tertiary/aromatic N) is 3. The smallest absolute Gasteiger partial charge is 0.748 e. The van der Waals surface area contributed by atoms with Crippen LogP contribution in [0.3, 0.4) is 0 Å². The fourth-order valence-corrected chi connectivity index (χ4v) is 15.0. The number of fused-ring (bicyclic) bond motifs is 6. The number of anilines is 1. The van der Waals surface area contributed by atoms with Crippen LogP contribution in [0.15, 0.2) is 135 Å². The van der Waals surface area contributed by atoms with Crippen molar-refractivity contribution in [1.82, 2.24) is 10.2 Å². The number of imide groups is 1. The molecule has 5 aromatic rings. The summed E-state index contributed by atoms with van der Waals surface area (Å²) < 4.78 is 225. The van der Waals surface area contributed by atoms with Crippen molar-refractivity contribution in [3.8, 4) is 0 Å². The summed E-state index contributed by atoms with van der Waals surface area (Å²) in [4.78, 5) is 35.1. The number of carbonyl (C=O) groups is 3. The first-order valence-electron chi connectivity index (χ1n) is 26.5. The van der Waals surface area contributed by atoms with Crippen LogP contribution in [0.4, 0.5) is 11.4 Å². The van der Waals surface area contributed by atoms with Gasteiger partial charge in [0.25, 0.3) is 11.8 Å². The third-order valence-electron chi connectivity index (χ3n) is 15.2. The van der Waals surface area contributed by atoms with Gasteiger partial charge in [-0.25, -0.2) is 50.5 Å². The topological polar surface area (TPSA) is 416 Å². The third kappa shape index (κ3) is 19.7. The number of unbranched alkanes of at least 4 members (excludes halogenated alkanes) is 1. The number of aryl methyl sites for hydroxylation is 1. The van der Waals surface area contributed by atoms with Crippen molar-refractivity contribution < 1.29 is 245 Å². The van der Waals surface area contributed by atoms with Gasteiger partial charge in [-0.2, -0.15) is 4.58 Å². The number of amides is 3. The molecule has 0 fully saturated rings. The largest absolute Gasteiger partial charge is 1.00 e. The van der Waals surface area contributed by atoms with Gasteiger partial charge in [0.15, 0.2) is 5.71 Å². The molecule has 0 spiro atoms. The van der Waals surface area contributed by atoms with Crippen LogP contribution in [0.1, 0.15) is 82.1 Å². The van der Waals surface area contributed by atoms with Crippen molar-refractivity contribution >= 4 is 123 Å². The summed E-state index contributed by atoms with van der Waals surface area (Å²) in [6, 6.07) is 15.2. The average molecular weight is 1430 g/mol. The normalized spacial score (nSPS) is 16.1. The average Bonchev–Trinajstić information content (AvgIpc) is 1.54. The Morgan fingerprint density at radius 2 is 1.11 bits per heavy atom. The minimum Gasteiger partial charge on any atom is -0.748 e. The van der Waals surface area contributed by atoms with Gasteiger partial charge >= 0.3 is 148 Å². The van der Waals surface area contributed by atoms with E-state index in [0.29, 0.717) is 53.9 Å². The monoisotopic (exact) mass is 1430 g/mol. The van der Waals surface area contributed by atoms with Gasteiger partial charge < -0.3 is 37.5 Å². The number of rotatable bonds is 24. The number of benzene rings is 5. The molecule has 1 N–H and O–H groups in total. The van der Waals surface area contributed by atoms with Crippen molar-refractivity contribution in [1.29, 1.82) is 0 Å². The first-order chi connectivity index (χ1) is 40.2. The van der Waals surface area contributed by atoms with Crippen molar-refractivity contribution in [3.63, 3.8) is 0 Å². The van der Waals surface area contributed by atoms with E-state index in [-0.39, 0.29) is 243 Å². The van der Waals surface area contributed by atoms with Gasteiger partial charge in [-0.15, -0.1) is 0 Å². The first-order valence-corrected chi connectivity index (χ1v) is 35.3. The number of carbonyl (C=O) groups excluding carboxylic acids is 3. The predicted octanol–water partition coefficient (Wildman–Crippen LogP) is -11.0. The molecule has 3 heterocycles. The van der Waals surface area contributed by atoms with E-state index in [1.807, 2.05) is 12.1 Å². The second-order valence-corrected chi connectivity index (χ2v) is 30.4. The summed E-state index contributed by atoms with van der Waals surface area (Å²) in [6.45, 7) is 6.22. The van der Waals surface area contributed by atoms with Gasteiger partial charge in [-0.05, 0) is 127 Å². The second-order valence-electron chi connectivity index (χ2n) is 21.9. The Balaban J connectivity index is 0.00000442. The molecule has 36 heteroatoms. The van der Waals surface area contributed by atoms with E-state index in [2.05, 4.69) is 5.32 Å². The number of hydrogen-bond acceptors (Lipinski definition) is 22. The summed E-state index contributed by atoms with van der Waals surface area (Å²) >= 11 is 0. The molecule has 8 rings (SSSR count). The van der Waals surface area contributed by atoms with E-state index < -0.39 is 114 Å². The van der Waals surface area contributed by atoms with Crippen LogP contribution in [-0.4, -0.2) is 148 Å². The maximum atomic E-state index is 12.8. The fourth-order valence-electron chi connectivity index (χ4n) is 11.4. The molecular weight excluding hydrogens is 1370 g/mol. The summed E-state index contributed by atoms with van der Waals surface area (Å²) in [5.74, 6) is -2.99. The maximum absolute atomic E-state index is 12.8. The van der Waals surface area contributed by atoms with Crippen LogP contribution < -0.4 is 158 Å². The molecule has 92 heavy (non-hydrogen) atoms. The van der Waals surface area contributed by atoms with E-state index in [0.717, 1.165) is 34.7 Å². The van der Waals surface area contributed by atoms with Gasteiger partial charge in [-0.3, -0.25) is 19.3 Å². The molecule has 0 atom stereocenters. The molecule has 0 aromatic heterocycles. The molecule has 0 saturated heterocycles. The van der Waals surface area contributed by atoms with Gasteiger partial charge in [0.05, 0.1) is 45.2 Å². The Hall–Kier alpha value is -1.88. The Morgan fingerprint density at radius 3 is 1.64 bits per heavy atom. The molecule has 3 aliphatic rings. The zero-order chi connectivity index (χ0) is 64.2. The van der Waals surface area contributed by atoms with Crippen LogP contribution in [0, 0.1) is 0 Å². The quantitative estimate of drug-likeness (QED) is 0.0150. The van der Waals surface area contributed by atoms with E-state index in [9.17, 15) is 92.2 Å². The van der Waals surface area contributed by atoms with Crippen molar-refractivity contribution in [2.45, 2.75) is 96.6 Å². The molecule has 0 unspecified atom stereocenters. The van der Waals surface area contributed by atoms with Gasteiger partial charge in [-0.1, -0.05) is 50.3 Å². The summed E-state index contributed by atoms with van der Waals surface area (Å²) in [5.41, 5.74) is 0.488. The molecule has 0 bridgehead atoms. The van der Waals surface area contributed by atoms with E-state index in [1.54, 1.807) is 73.6 Å². The molecule has 5 aromatic carbocycles. The van der Waals surface area contributed by atoms with Gasteiger partial charge in [0.2, 0.25) is 11.6 Å². The van der Waals surface area contributed by atoms with Crippen molar-refractivity contribution in [3.05, 3.63) is 137 Å². The van der Waals surface area contributed by atoms with E-state index >= 15 is 0 Å². The van der Waals surface area contributed by atoms with E-state index in [1.165, 1.54) is 24.3 Å². The van der Waals surface area contributed by atoms with Crippen LogP contribution in [0.2, 0.25) is 0 Å². The molecule has 0 aliphatic carbocycles. The van der Waals surface area contributed by atoms with Gasteiger partial charge in [0, 0.05) is 96.0 Å². The van der Waals surface area contributed by atoms with Crippen LogP contribution >= 0.6 is 0 Å². The molecule has 466 valence electrons. The van der Waals surface area contributed by atoms with Crippen molar-refractivity contribution in [2.75, 3.05) is 42.6 Å². The third-order valence-corrected chi connectivity index (χ3v) is 20.2. The Kier molecular flexibility index (Phi) is 29.7. The predicted molar refractivity (Wildman–Crippen MR) is 309 cm³/mol. The van der Waals surface area contributed by atoms with Crippen LogP contribution in [0.5, 0.6) is 0 Å². The zero-order valence-electron chi connectivity index (χ0n) is 51.7. The molecule has 3 amide bonds. The maximum Gasteiger partial charge on any atom is 1.00 e. The van der Waals surface area contributed by atoms with Crippen LogP contribution in [0.25, 0.3) is 27.1 Å². The Morgan fingerprint density at radius 1 is 0.576 bits per heavy atom. The number of allylic oxidation sites excluding steroid dienone is 6. The van der Waals surface area contributed by atoms with Gasteiger partial charge in [0.1, 0.15) is 47.0 Å². The van der Waals surface area contributed by atoms with E-state index in [4.69, 9.17) is 0 Å². The summed E-state index contributed by atoms with van der Waals surface area (Å²) in [7, 11) is -31.3. The Bertz CT molecular complexity index is 4640. The molecular formula is C56H55N4Na5O21S6. The summed E-state index contributed by atoms with van der Waals surface area (Å²) in [5, 5.41) is 1.95. The standard InChI is InChI=1S/C56H60N4O21S6.5Na/c1-55(2)48(58(25-8-28-82(64,65)66)44-18-16-40-42(53(44)55)31-38(84(70,71)72)33-46(40)86(76,77)78)20-14-36(37-12-7-11-35(30-37)10-5-6-13-50(61)57-24-27-60-51(62)22-23-52(60)63)15-21-49-56(3,4)54-43-32-39(85(73,74)75)34-47(87(79,80)81)41(43)17-19-45(54)59(49)26-9-29-83(67,68)69;;;;;/h7,11-12,14-23,30-34H,5-6,8-10,13,24-29H2,1-4H3,(H6-,57,61,64,65,66,67,68,69,70,71,72,73,74,75,76,77,78,79,80,81);;;;;/q;5*+1/p-5. The zero-order valence-corrected chi connectivity index (χ0v) is 66.6. The Labute approximate surface area is 645 Å². The molecule has 25 nitrogen and oxygen atoms in total. The van der Waals surface area contributed by atoms with Crippen molar-refractivity contribution in [2.24, 2.45) is 0 Å².